The lowest BCUT2D eigenvalue weighted by Crippen LogP contribution is -2.13. The van der Waals surface area contributed by atoms with Crippen molar-refractivity contribution in [3.8, 4) is 17.6 Å². The second-order valence-corrected chi connectivity index (χ2v) is 7.81. The molecule has 5 heteroatoms. The van der Waals surface area contributed by atoms with Crippen LogP contribution in [0.5, 0.6) is 5.75 Å². The average molecular weight is 401 g/mol. The van der Waals surface area contributed by atoms with Gasteiger partial charge in [0.05, 0.1) is 12.2 Å². The van der Waals surface area contributed by atoms with Crippen LogP contribution in [0, 0.1) is 17.8 Å². The van der Waals surface area contributed by atoms with E-state index in [2.05, 4.69) is 24.5 Å². The highest BCUT2D eigenvalue weighted by Gasteiger charge is 2.42. The van der Waals surface area contributed by atoms with E-state index in [1.54, 1.807) is 13.0 Å². The Labute approximate surface area is 173 Å². The molecule has 4 unspecified atom stereocenters. The van der Waals surface area contributed by atoms with Gasteiger partial charge in [-0.15, -0.1) is 18.4 Å². The Bertz CT molecular complexity index is 760. The van der Waals surface area contributed by atoms with Gasteiger partial charge in [-0.3, -0.25) is 4.79 Å². The first-order valence-electron chi connectivity index (χ1n) is 10.3. The summed E-state index contributed by atoms with van der Waals surface area (Å²) in [4.78, 5) is 10.6. The molecule has 1 heterocycles. The predicted molar refractivity (Wildman–Crippen MR) is 113 cm³/mol. The van der Waals surface area contributed by atoms with E-state index in [4.69, 9.17) is 14.9 Å². The number of para-hydroxylation sites is 1. The summed E-state index contributed by atoms with van der Waals surface area (Å²) in [6, 6.07) is 6.09. The summed E-state index contributed by atoms with van der Waals surface area (Å²) >= 11 is 0. The molecule has 0 aromatic heterocycles. The van der Waals surface area contributed by atoms with Gasteiger partial charge in [0.2, 0.25) is 0 Å². The van der Waals surface area contributed by atoms with Crippen LogP contribution in [-0.2, 0) is 11.2 Å². The fourth-order valence-corrected chi connectivity index (χ4v) is 3.87. The molecule has 158 valence electrons. The Morgan fingerprint density at radius 2 is 2.17 bits per heavy atom. The minimum atomic E-state index is -0.756. The lowest BCUT2D eigenvalue weighted by Gasteiger charge is -2.11. The van der Waals surface area contributed by atoms with E-state index in [9.17, 15) is 9.90 Å². The van der Waals surface area contributed by atoms with E-state index >= 15 is 0 Å². The van der Waals surface area contributed by atoms with Gasteiger partial charge in [-0.05, 0) is 37.7 Å². The number of ether oxygens (including phenoxy) is 1. The zero-order chi connectivity index (χ0) is 21.4. The lowest BCUT2D eigenvalue weighted by molar-refractivity contribution is -0.137. The second-order valence-electron chi connectivity index (χ2n) is 7.81. The third-order valence-electron chi connectivity index (χ3n) is 5.54. The van der Waals surface area contributed by atoms with Gasteiger partial charge in [0.1, 0.15) is 11.9 Å². The van der Waals surface area contributed by atoms with Gasteiger partial charge in [0, 0.05) is 30.7 Å². The van der Waals surface area contributed by atoms with Crippen LogP contribution in [0.2, 0.25) is 0 Å². The Morgan fingerprint density at radius 1 is 1.41 bits per heavy atom. The molecule has 0 spiro atoms. The summed E-state index contributed by atoms with van der Waals surface area (Å²) in [5, 5.41) is 27.5. The van der Waals surface area contributed by atoms with Crippen LogP contribution in [0.4, 0.5) is 0 Å². The molecule has 0 bridgehead atoms. The molecule has 1 aromatic carbocycles. The zero-order valence-corrected chi connectivity index (χ0v) is 17.3. The van der Waals surface area contributed by atoms with E-state index in [1.165, 1.54) is 5.56 Å². The van der Waals surface area contributed by atoms with Crippen molar-refractivity contribution in [2.24, 2.45) is 5.92 Å². The van der Waals surface area contributed by atoms with Crippen LogP contribution < -0.4 is 4.74 Å². The Kier molecular flexibility index (Phi) is 8.75. The number of hydrogen-bond acceptors (Lipinski definition) is 4. The van der Waals surface area contributed by atoms with E-state index in [-0.39, 0.29) is 24.5 Å². The standard InChI is InChI=1S/C15H18O4.C9H14O/c16-10-7-12-11-5-1-3-9(4-2-6-14(17)18)15(11)19-13(12)8-10;1-4-6-7-8(3)9(10)5-2/h1,3,5,10,12-13,16H,2,4,6-8H2,(H,17,18);5,8-10H,2,7H2,1,3H3/t;8-,9?/m.1/s1. The molecule has 1 fully saturated rings. The smallest absolute Gasteiger partial charge is 0.303 e. The van der Waals surface area contributed by atoms with Gasteiger partial charge in [0.25, 0.3) is 0 Å². The third-order valence-corrected chi connectivity index (χ3v) is 5.54. The van der Waals surface area contributed by atoms with Gasteiger partial charge in [-0.1, -0.05) is 31.2 Å². The van der Waals surface area contributed by atoms with Crippen molar-refractivity contribution in [3.63, 3.8) is 0 Å². The minimum Gasteiger partial charge on any atom is -0.489 e. The van der Waals surface area contributed by atoms with Gasteiger partial charge in [-0.25, -0.2) is 0 Å². The number of carboxylic acids is 1. The number of aliphatic hydroxyl groups is 2. The quantitative estimate of drug-likeness (QED) is 0.480. The van der Waals surface area contributed by atoms with Crippen molar-refractivity contribution in [3.05, 3.63) is 42.0 Å². The maximum atomic E-state index is 10.6. The molecule has 1 saturated carbocycles. The van der Waals surface area contributed by atoms with Crippen LogP contribution in [-0.4, -0.2) is 39.6 Å². The van der Waals surface area contributed by atoms with Crippen molar-refractivity contribution in [1.29, 1.82) is 0 Å². The van der Waals surface area contributed by atoms with Crippen LogP contribution in [0.1, 0.15) is 63.0 Å². The number of rotatable bonds is 7. The number of hydrogen-bond donors (Lipinski definition) is 3. The SMILES string of the molecule is C=CC(O)[C@H](C)CC#CC.O=C(O)CCCc1cccc2c1OC1CC(O)CC21. The van der Waals surface area contributed by atoms with Gasteiger partial charge >= 0.3 is 5.97 Å². The number of carboxylic acid groups (broad SMARTS) is 1. The molecule has 3 N–H and O–H groups in total. The zero-order valence-electron chi connectivity index (χ0n) is 17.3. The van der Waals surface area contributed by atoms with Crippen molar-refractivity contribution >= 4 is 5.97 Å². The molecule has 5 nitrogen and oxygen atoms in total. The van der Waals surface area contributed by atoms with Gasteiger partial charge in [0.15, 0.2) is 0 Å². The maximum absolute atomic E-state index is 10.6. The van der Waals surface area contributed by atoms with E-state index in [0.29, 0.717) is 18.8 Å². The molecule has 29 heavy (non-hydrogen) atoms. The molecule has 3 rings (SSSR count). The molecular weight excluding hydrogens is 368 g/mol. The predicted octanol–water partition coefficient (Wildman–Crippen LogP) is 3.68. The first-order chi connectivity index (χ1) is 13.9. The molecular formula is C24H32O5. The summed E-state index contributed by atoms with van der Waals surface area (Å²) in [7, 11) is 0. The van der Waals surface area contributed by atoms with Crippen molar-refractivity contribution in [2.45, 2.75) is 76.6 Å². The van der Waals surface area contributed by atoms with Gasteiger partial charge < -0.3 is 20.1 Å². The number of fused-ring (bicyclic) bond motifs is 3. The molecule has 1 aliphatic carbocycles. The summed E-state index contributed by atoms with van der Waals surface area (Å²) in [5.41, 5.74) is 2.29. The normalized spacial score (nSPS) is 23.2. The van der Waals surface area contributed by atoms with Crippen molar-refractivity contribution in [1.82, 2.24) is 0 Å². The summed E-state index contributed by atoms with van der Waals surface area (Å²) in [6.07, 6.45) is 4.75. The Balaban J connectivity index is 0.000000257. The van der Waals surface area contributed by atoms with Crippen molar-refractivity contribution in [2.75, 3.05) is 0 Å². The number of aliphatic carboxylic acids is 1. The molecule has 1 aliphatic heterocycles. The number of carbonyl (C=O) groups is 1. The molecule has 5 atom stereocenters. The Morgan fingerprint density at radius 3 is 2.83 bits per heavy atom. The first-order valence-corrected chi connectivity index (χ1v) is 10.3. The summed E-state index contributed by atoms with van der Waals surface area (Å²) in [5.74, 6) is 6.38. The lowest BCUT2D eigenvalue weighted by atomic mass is 9.94. The third kappa shape index (κ3) is 6.35. The maximum Gasteiger partial charge on any atom is 0.303 e. The van der Waals surface area contributed by atoms with E-state index in [1.807, 2.05) is 19.1 Å². The summed E-state index contributed by atoms with van der Waals surface area (Å²) < 4.78 is 5.98. The topological polar surface area (TPSA) is 87.0 Å². The molecule has 0 radical (unpaired) electrons. The molecule has 0 saturated heterocycles. The van der Waals surface area contributed by atoms with Crippen LogP contribution in [0.25, 0.3) is 0 Å². The first kappa shape index (κ1) is 23.0. The fraction of sp³-hybridized carbons (Fsp3) is 0.542. The Hall–Kier alpha value is -2.29. The van der Waals surface area contributed by atoms with Crippen LogP contribution in [0.15, 0.2) is 30.9 Å². The molecule has 2 aliphatic rings. The molecule has 0 amide bonds. The minimum absolute atomic E-state index is 0.102. The number of aryl methyl sites for hydroxylation is 1. The highest BCUT2D eigenvalue weighted by atomic mass is 16.5. The average Bonchev–Trinajstić information content (AvgIpc) is 3.22. The number of benzene rings is 1. The largest absolute Gasteiger partial charge is 0.489 e. The second kappa shape index (κ2) is 11.0. The highest BCUT2D eigenvalue weighted by molar-refractivity contribution is 5.66. The highest BCUT2D eigenvalue weighted by Crippen LogP contribution is 2.48. The molecule has 1 aromatic rings. The number of aliphatic hydroxyl groups excluding tert-OH is 2. The summed E-state index contributed by atoms with van der Waals surface area (Å²) in [6.45, 7) is 7.25. The monoisotopic (exact) mass is 400 g/mol. The van der Waals surface area contributed by atoms with Crippen LogP contribution >= 0.6 is 0 Å². The fourth-order valence-electron chi connectivity index (χ4n) is 3.87. The van der Waals surface area contributed by atoms with Crippen molar-refractivity contribution < 1.29 is 24.9 Å². The van der Waals surface area contributed by atoms with E-state index < -0.39 is 12.1 Å². The van der Waals surface area contributed by atoms with Crippen LogP contribution in [0.3, 0.4) is 0 Å². The van der Waals surface area contributed by atoms with E-state index in [0.717, 1.165) is 30.6 Å². The van der Waals surface area contributed by atoms with Gasteiger partial charge in [-0.2, -0.15) is 0 Å².